The number of aliphatic carboxylic acids is 1. The molecule has 1 aliphatic carbocycles. The summed E-state index contributed by atoms with van der Waals surface area (Å²) in [5, 5.41) is 12.5. The number of hydrogen-bond donors (Lipinski definition) is 2. The maximum Gasteiger partial charge on any atom is 0.326 e. The number of benzene rings is 2. The van der Waals surface area contributed by atoms with E-state index in [9.17, 15) is 14.7 Å². The number of hydrogen-bond acceptors (Lipinski definition) is 5. The first kappa shape index (κ1) is 29.6. The van der Waals surface area contributed by atoms with Gasteiger partial charge in [0, 0.05) is 34.8 Å². The van der Waals surface area contributed by atoms with Crippen LogP contribution in [0.5, 0.6) is 0 Å². The van der Waals surface area contributed by atoms with Gasteiger partial charge in [0.2, 0.25) is 0 Å². The molecular formula is C35H39N3O3S. The minimum Gasteiger partial charge on any atom is -0.480 e. The van der Waals surface area contributed by atoms with Gasteiger partial charge < -0.3 is 10.4 Å². The first-order valence-corrected chi connectivity index (χ1v) is 15.5. The van der Waals surface area contributed by atoms with Crippen LogP contribution in [0.15, 0.2) is 73.1 Å². The molecule has 2 aromatic heterocycles. The maximum absolute atomic E-state index is 12.8. The molecular weight excluding hydrogens is 542 g/mol. The number of nitrogens with zero attached hydrogens (tertiary/aromatic N) is 2. The zero-order valence-corrected chi connectivity index (χ0v) is 25.6. The standard InChI is InChI=1S/C35H39N3O3S/c1-22-5-9-24(10-6-22)25-13-15-26(16-14-25)28-20-36-32(37-21-28)27-11-7-23(8-12-27)19-29(34(40)41)38-33(39)30-17-18-31(42-30)35(2,3)4/h7-8,11-18,20-22,24,29H,5-6,9-10,19H2,1-4H3,(H,38,39)(H,40,41)/t22?,24?,29-/m0/s1. The SMILES string of the molecule is CC1CCC(c2ccc(-c3cnc(-c4ccc(C[C@H](NC(=O)c5ccc(C(C)(C)C)s5)C(=O)O)cc4)nc3)cc2)CC1. The Kier molecular flexibility index (Phi) is 8.88. The van der Waals surface area contributed by atoms with Crippen LogP contribution in [-0.2, 0) is 16.6 Å². The van der Waals surface area contributed by atoms with Crippen LogP contribution in [0.3, 0.4) is 0 Å². The number of carboxylic acid groups (broad SMARTS) is 1. The summed E-state index contributed by atoms with van der Waals surface area (Å²) in [6.45, 7) is 8.60. The number of nitrogens with one attached hydrogen (secondary N) is 1. The molecule has 0 radical (unpaired) electrons. The van der Waals surface area contributed by atoms with Gasteiger partial charge in [-0.2, -0.15) is 0 Å². The van der Waals surface area contributed by atoms with Gasteiger partial charge in [0.05, 0.1) is 4.88 Å². The third-order valence-corrected chi connectivity index (χ3v) is 9.72. The van der Waals surface area contributed by atoms with Crippen LogP contribution in [0.4, 0.5) is 0 Å². The highest BCUT2D eigenvalue weighted by molar-refractivity contribution is 7.14. The minimum atomic E-state index is -1.07. The van der Waals surface area contributed by atoms with E-state index < -0.39 is 12.0 Å². The molecule has 1 amide bonds. The minimum absolute atomic E-state index is 0.0694. The zero-order chi connectivity index (χ0) is 29.9. The molecule has 1 fully saturated rings. The van der Waals surface area contributed by atoms with E-state index in [0.717, 1.165) is 33.0 Å². The molecule has 2 aromatic carbocycles. The predicted octanol–water partition coefficient (Wildman–Crippen LogP) is 7.89. The largest absolute Gasteiger partial charge is 0.480 e. The van der Waals surface area contributed by atoms with Crippen molar-refractivity contribution < 1.29 is 14.7 Å². The van der Waals surface area contributed by atoms with E-state index in [1.807, 2.05) is 42.7 Å². The Morgan fingerprint density at radius 2 is 1.50 bits per heavy atom. The van der Waals surface area contributed by atoms with E-state index in [0.29, 0.717) is 16.6 Å². The number of amides is 1. The Bertz CT molecular complexity index is 1510. The van der Waals surface area contributed by atoms with Crippen LogP contribution in [0.25, 0.3) is 22.5 Å². The molecule has 7 heteroatoms. The summed E-state index contributed by atoms with van der Waals surface area (Å²) >= 11 is 1.39. The van der Waals surface area contributed by atoms with E-state index >= 15 is 0 Å². The van der Waals surface area contributed by atoms with Crippen LogP contribution in [-0.4, -0.2) is 33.0 Å². The molecule has 0 saturated heterocycles. The number of carboxylic acids is 1. The fourth-order valence-electron chi connectivity index (χ4n) is 5.49. The van der Waals surface area contributed by atoms with Crippen molar-refractivity contribution in [1.29, 1.82) is 0 Å². The lowest BCUT2D eigenvalue weighted by Gasteiger charge is -2.26. The highest BCUT2D eigenvalue weighted by Crippen LogP contribution is 2.36. The molecule has 218 valence electrons. The van der Waals surface area contributed by atoms with Crippen molar-refractivity contribution in [3.8, 4) is 22.5 Å². The van der Waals surface area contributed by atoms with Crippen LogP contribution >= 0.6 is 11.3 Å². The van der Waals surface area contributed by atoms with E-state index in [2.05, 4.69) is 67.2 Å². The van der Waals surface area contributed by atoms with Crippen molar-refractivity contribution >= 4 is 23.2 Å². The van der Waals surface area contributed by atoms with Gasteiger partial charge in [0.1, 0.15) is 6.04 Å². The fraction of sp³-hybridized carbons (Fsp3) is 0.371. The molecule has 0 bridgehead atoms. The van der Waals surface area contributed by atoms with E-state index in [1.54, 1.807) is 6.07 Å². The third kappa shape index (κ3) is 7.13. The van der Waals surface area contributed by atoms with Gasteiger partial charge in [-0.25, -0.2) is 14.8 Å². The van der Waals surface area contributed by atoms with E-state index in [1.165, 1.54) is 42.6 Å². The molecule has 0 unspecified atom stereocenters. The smallest absolute Gasteiger partial charge is 0.326 e. The molecule has 42 heavy (non-hydrogen) atoms. The monoisotopic (exact) mass is 581 g/mol. The number of aromatic nitrogens is 2. The predicted molar refractivity (Wildman–Crippen MR) is 169 cm³/mol. The molecule has 1 saturated carbocycles. The second-order valence-electron chi connectivity index (χ2n) is 12.6. The summed E-state index contributed by atoms with van der Waals surface area (Å²) in [6.07, 6.45) is 9.04. The van der Waals surface area contributed by atoms with Gasteiger partial charge in [0.15, 0.2) is 5.82 Å². The van der Waals surface area contributed by atoms with E-state index in [-0.39, 0.29) is 17.7 Å². The summed E-state index contributed by atoms with van der Waals surface area (Å²) in [6, 6.07) is 19.0. The second-order valence-corrected chi connectivity index (χ2v) is 13.6. The first-order valence-electron chi connectivity index (χ1n) is 14.7. The number of carbonyl (C=O) groups is 2. The average Bonchev–Trinajstić information content (AvgIpc) is 3.50. The number of rotatable bonds is 8. The van der Waals surface area contributed by atoms with Crippen LogP contribution in [0.2, 0.25) is 0 Å². The Hall–Kier alpha value is -3.84. The van der Waals surface area contributed by atoms with Crippen LogP contribution in [0.1, 0.15) is 85.0 Å². The van der Waals surface area contributed by atoms with Crippen molar-refractivity contribution in [2.45, 2.75) is 77.2 Å². The molecule has 1 atom stereocenters. The molecule has 0 spiro atoms. The second kappa shape index (κ2) is 12.6. The van der Waals surface area contributed by atoms with Crippen molar-refractivity contribution in [2.75, 3.05) is 0 Å². The lowest BCUT2D eigenvalue weighted by Crippen LogP contribution is -2.42. The molecule has 1 aliphatic rings. The fourth-order valence-corrected chi connectivity index (χ4v) is 6.45. The molecule has 2 heterocycles. The molecule has 0 aliphatic heterocycles. The topological polar surface area (TPSA) is 92.2 Å². The van der Waals surface area contributed by atoms with Gasteiger partial charge in [-0.05, 0) is 58.9 Å². The normalized spacial score (nSPS) is 17.9. The van der Waals surface area contributed by atoms with Crippen LogP contribution < -0.4 is 5.32 Å². The maximum atomic E-state index is 12.8. The van der Waals surface area contributed by atoms with Gasteiger partial charge in [-0.15, -0.1) is 11.3 Å². The lowest BCUT2D eigenvalue weighted by atomic mass is 9.79. The summed E-state index contributed by atoms with van der Waals surface area (Å²) in [7, 11) is 0. The van der Waals surface area contributed by atoms with E-state index in [4.69, 9.17) is 0 Å². The quantitative estimate of drug-likeness (QED) is 0.221. The Labute approximate surface area is 252 Å². The molecule has 2 N–H and O–H groups in total. The van der Waals surface area contributed by atoms with Crippen molar-refractivity contribution in [3.63, 3.8) is 0 Å². The zero-order valence-electron chi connectivity index (χ0n) is 24.8. The van der Waals surface area contributed by atoms with Gasteiger partial charge in [0.25, 0.3) is 5.91 Å². The van der Waals surface area contributed by atoms with Gasteiger partial charge in [-0.1, -0.05) is 89.1 Å². The highest BCUT2D eigenvalue weighted by atomic mass is 32.1. The molecule has 6 nitrogen and oxygen atoms in total. The average molecular weight is 582 g/mol. The lowest BCUT2D eigenvalue weighted by molar-refractivity contribution is -0.139. The van der Waals surface area contributed by atoms with Crippen molar-refractivity contribution in [2.24, 2.45) is 5.92 Å². The molecule has 4 aromatic rings. The van der Waals surface area contributed by atoms with Gasteiger partial charge in [-0.3, -0.25) is 4.79 Å². The number of carbonyl (C=O) groups excluding carboxylic acids is 1. The summed E-state index contributed by atoms with van der Waals surface area (Å²) in [5.74, 6) is 0.683. The summed E-state index contributed by atoms with van der Waals surface area (Å²) in [5.41, 5.74) is 5.08. The van der Waals surface area contributed by atoms with Crippen molar-refractivity contribution in [3.05, 3.63) is 93.9 Å². The summed E-state index contributed by atoms with van der Waals surface area (Å²) < 4.78 is 0. The van der Waals surface area contributed by atoms with Gasteiger partial charge >= 0.3 is 5.97 Å². The van der Waals surface area contributed by atoms with Crippen LogP contribution in [0, 0.1) is 5.92 Å². The van der Waals surface area contributed by atoms with Crippen molar-refractivity contribution in [1.82, 2.24) is 15.3 Å². The Balaban J connectivity index is 1.20. The number of thiophene rings is 1. The Morgan fingerprint density at radius 1 is 0.881 bits per heavy atom. The highest BCUT2D eigenvalue weighted by Gasteiger charge is 2.24. The molecule has 5 rings (SSSR count). The summed E-state index contributed by atoms with van der Waals surface area (Å²) in [4.78, 5) is 35.5. The Morgan fingerprint density at radius 3 is 2.07 bits per heavy atom. The first-order chi connectivity index (χ1) is 20.1. The third-order valence-electron chi connectivity index (χ3n) is 8.21.